The van der Waals surface area contributed by atoms with Crippen LogP contribution < -0.4 is 5.32 Å². The average molecular weight is 492 g/mol. The third-order valence-electron chi connectivity index (χ3n) is 6.45. The van der Waals surface area contributed by atoms with Crippen molar-refractivity contribution in [2.24, 2.45) is 0 Å². The van der Waals surface area contributed by atoms with Crippen LogP contribution in [0.5, 0.6) is 0 Å². The van der Waals surface area contributed by atoms with E-state index in [-0.39, 0.29) is 30.5 Å². The lowest BCUT2D eigenvalue weighted by atomic mass is 9.88. The van der Waals surface area contributed by atoms with Crippen LogP contribution in [-0.2, 0) is 21.4 Å². The Bertz CT molecular complexity index is 1120. The van der Waals surface area contributed by atoms with Gasteiger partial charge < -0.3 is 5.32 Å². The Morgan fingerprint density at radius 3 is 1.83 bits per heavy atom. The summed E-state index contributed by atoms with van der Waals surface area (Å²) in [7, 11) is -3.42. The van der Waals surface area contributed by atoms with Gasteiger partial charge >= 0.3 is 0 Å². The first-order chi connectivity index (χ1) is 17.0. The zero-order valence-corrected chi connectivity index (χ0v) is 20.7. The second-order valence-corrected chi connectivity index (χ2v) is 11.0. The van der Waals surface area contributed by atoms with Crippen molar-refractivity contribution in [3.8, 4) is 0 Å². The van der Waals surface area contributed by atoms with E-state index in [2.05, 4.69) is 22.3 Å². The number of hydrogen-bond donors (Lipinski definition) is 1. The van der Waals surface area contributed by atoms with E-state index in [0.29, 0.717) is 26.2 Å². The molecule has 1 aliphatic heterocycles. The topological polar surface area (TPSA) is 69.7 Å². The molecular formula is C28H33N3O3S. The molecule has 3 aromatic carbocycles. The fourth-order valence-electron chi connectivity index (χ4n) is 4.51. The van der Waals surface area contributed by atoms with Crippen molar-refractivity contribution < 1.29 is 13.2 Å². The van der Waals surface area contributed by atoms with Crippen molar-refractivity contribution in [2.45, 2.75) is 18.9 Å². The summed E-state index contributed by atoms with van der Waals surface area (Å²) < 4.78 is 27.3. The molecule has 1 aliphatic rings. The van der Waals surface area contributed by atoms with Crippen molar-refractivity contribution in [3.05, 3.63) is 108 Å². The molecule has 0 radical (unpaired) electrons. The lowest BCUT2D eigenvalue weighted by Crippen LogP contribution is -2.49. The molecule has 3 aromatic rings. The summed E-state index contributed by atoms with van der Waals surface area (Å²) in [4.78, 5) is 15.0. The number of nitrogens with one attached hydrogen (secondary N) is 1. The second-order valence-electron chi connectivity index (χ2n) is 8.90. The Morgan fingerprint density at radius 2 is 1.29 bits per heavy atom. The van der Waals surface area contributed by atoms with Gasteiger partial charge in [-0.1, -0.05) is 91.0 Å². The van der Waals surface area contributed by atoms with Gasteiger partial charge in [0.05, 0.1) is 5.75 Å². The number of piperazine rings is 1. The SMILES string of the molecule is O=C(CC(c1ccccc1)c1ccccc1)NCCS(=O)(=O)N1CCN(Cc2ccccc2)CC1. The fourth-order valence-corrected chi connectivity index (χ4v) is 5.85. The third kappa shape index (κ3) is 7.24. The van der Waals surface area contributed by atoms with Gasteiger partial charge in [-0.2, -0.15) is 4.31 Å². The Labute approximate surface area is 208 Å². The lowest BCUT2D eigenvalue weighted by Gasteiger charge is -2.34. The number of sulfonamides is 1. The summed E-state index contributed by atoms with van der Waals surface area (Å²) >= 11 is 0. The summed E-state index contributed by atoms with van der Waals surface area (Å²) in [5.74, 6) is -0.309. The van der Waals surface area contributed by atoms with Crippen LogP contribution >= 0.6 is 0 Å². The van der Waals surface area contributed by atoms with Crippen LogP contribution in [0.2, 0.25) is 0 Å². The van der Waals surface area contributed by atoms with E-state index in [1.807, 2.05) is 78.9 Å². The molecule has 0 atom stereocenters. The highest BCUT2D eigenvalue weighted by Gasteiger charge is 2.27. The van der Waals surface area contributed by atoms with Gasteiger partial charge in [-0.25, -0.2) is 8.42 Å². The van der Waals surface area contributed by atoms with E-state index in [4.69, 9.17) is 0 Å². The first kappa shape index (κ1) is 25.1. The molecular weight excluding hydrogens is 458 g/mol. The Kier molecular flexibility index (Phi) is 8.69. The molecule has 0 aromatic heterocycles. The molecule has 6 nitrogen and oxygen atoms in total. The molecule has 1 N–H and O–H groups in total. The van der Waals surface area contributed by atoms with Gasteiger partial charge in [-0.3, -0.25) is 9.69 Å². The van der Waals surface area contributed by atoms with Crippen molar-refractivity contribution in [2.75, 3.05) is 38.5 Å². The molecule has 1 heterocycles. The monoisotopic (exact) mass is 491 g/mol. The van der Waals surface area contributed by atoms with E-state index >= 15 is 0 Å². The number of hydrogen-bond acceptors (Lipinski definition) is 4. The minimum atomic E-state index is -3.42. The van der Waals surface area contributed by atoms with Gasteiger partial charge in [0, 0.05) is 51.6 Å². The molecule has 0 bridgehead atoms. The van der Waals surface area contributed by atoms with E-state index in [1.165, 1.54) is 5.56 Å². The lowest BCUT2D eigenvalue weighted by molar-refractivity contribution is -0.121. The van der Waals surface area contributed by atoms with Crippen molar-refractivity contribution >= 4 is 15.9 Å². The van der Waals surface area contributed by atoms with Gasteiger partial charge in [0.15, 0.2) is 0 Å². The maximum Gasteiger partial charge on any atom is 0.220 e. The van der Waals surface area contributed by atoms with Crippen molar-refractivity contribution in [3.63, 3.8) is 0 Å². The van der Waals surface area contributed by atoms with E-state index in [9.17, 15) is 13.2 Å². The number of nitrogens with zero attached hydrogens (tertiary/aromatic N) is 2. The third-order valence-corrected chi connectivity index (χ3v) is 8.32. The van der Waals surface area contributed by atoms with Gasteiger partial charge in [-0.15, -0.1) is 0 Å². The van der Waals surface area contributed by atoms with Crippen molar-refractivity contribution in [1.82, 2.24) is 14.5 Å². The molecule has 0 spiro atoms. The Hall–Kier alpha value is -3.00. The van der Waals surface area contributed by atoms with Crippen LogP contribution in [0.4, 0.5) is 0 Å². The van der Waals surface area contributed by atoms with E-state index in [0.717, 1.165) is 17.7 Å². The van der Waals surface area contributed by atoms with Crippen LogP contribution in [0.25, 0.3) is 0 Å². The zero-order chi connectivity index (χ0) is 24.5. The quantitative estimate of drug-likeness (QED) is 0.472. The first-order valence-electron chi connectivity index (χ1n) is 12.1. The number of benzene rings is 3. The molecule has 7 heteroatoms. The molecule has 1 amide bonds. The van der Waals surface area contributed by atoms with Gasteiger partial charge in [0.1, 0.15) is 0 Å². The molecule has 184 valence electrons. The van der Waals surface area contributed by atoms with Crippen LogP contribution in [0.15, 0.2) is 91.0 Å². The zero-order valence-electron chi connectivity index (χ0n) is 19.9. The molecule has 0 aliphatic carbocycles. The summed E-state index contributed by atoms with van der Waals surface area (Å²) in [5, 5.41) is 2.83. The van der Waals surface area contributed by atoms with Crippen molar-refractivity contribution in [1.29, 1.82) is 0 Å². The second kappa shape index (κ2) is 12.1. The molecule has 4 rings (SSSR count). The van der Waals surface area contributed by atoms with Gasteiger partial charge in [0.25, 0.3) is 0 Å². The van der Waals surface area contributed by atoms with Crippen LogP contribution in [0.1, 0.15) is 29.0 Å². The highest BCUT2D eigenvalue weighted by Crippen LogP contribution is 2.27. The molecule has 0 saturated carbocycles. The summed E-state index contributed by atoms with van der Waals surface area (Å²) in [6.07, 6.45) is 0.270. The predicted octanol–water partition coefficient (Wildman–Crippen LogP) is 3.47. The molecule has 1 fully saturated rings. The molecule has 0 unspecified atom stereocenters. The minimum Gasteiger partial charge on any atom is -0.355 e. The Balaban J connectivity index is 1.26. The summed E-state index contributed by atoms with van der Waals surface area (Å²) in [6.45, 7) is 3.31. The van der Waals surface area contributed by atoms with Crippen LogP contribution in [-0.4, -0.2) is 62.0 Å². The van der Waals surface area contributed by atoms with Crippen LogP contribution in [0, 0.1) is 0 Å². The fraction of sp³-hybridized carbons (Fsp3) is 0.321. The number of carbonyl (C=O) groups excluding carboxylic acids is 1. The highest BCUT2D eigenvalue weighted by atomic mass is 32.2. The maximum absolute atomic E-state index is 12.9. The number of rotatable bonds is 10. The average Bonchev–Trinajstić information content (AvgIpc) is 2.89. The van der Waals surface area contributed by atoms with Gasteiger partial charge in [-0.05, 0) is 16.7 Å². The summed E-state index contributed by atoms with van der Waals surface area (Å²) in [5.41, 5.74) is 3.36. The van der Waals surface area contributed by atoms with Crippen LogP contribution in [0.3, 0.4) is 0 Å². The number of carbonyl (C=O) groups is 1. The minimum absolute atomic E-state index is 0.0771. The van der Waals surface area contributed by atoms with E-state index in [1.54, 1.807) is 4.31 Å². The molecule has 1 saturated heterocycles. The largest absolute Gasteiger partial charge is 0.355 e. The normalized spacial score (nSPS) is 15.2. The maximum atomic E-state index is 12.9. The standard InChI is InChI=1S/C28H33N3O3S/c32-28(22-27(25-12-6-2-7-13-25)26-14-8-3-9-15-26)29-16-21-35(33,34)31-19-17-30(18-20-31)23-24-10-4-1-5-11-24/h1-15,27H,16-23H2,(H,29,32). The number of amides is 1. The summed E-state index contributed by atoms with van der Waals surface area (Å²) in [6, 6.07) is 30.1. The highest BCUT2D eigenvalue weighted by molar-refractivity contribution is 7.89. The predicted molar refractivity (Wildman–Crippen MR) is 139 cm³/mol. The Morgan fingerprint density at radius 1 is 0.771 bits per heavy atom. The first-order valence-corrected chi connectivity index (χ1v) is 13.7. The molecule has 35 heavy (non-hydrogen) atoms. The van der Waals surface area contributed by atoms with E-state index < -0.39 is 10.0 Å². The smallest absolute Gasteiger partial charge is 0.220 e. The van der Waals surface area contributed by atoms with Gasteiger partial charge in [0.2, 0.25) is 15.9 Å².